The number of nitro benzene ring substituents is 1. The summed E-state index contributed by atoms with van der Waals surface area (Å²) in [5.74, 6) is -1.44. The first-order valence-corrected chi connectivity index (χ1v) is 12.5. The van der Waals surface area contributed by atoms with Gasteiger partial charge in [0.1, 0.15) is 6.04 Å². The molecule has 2 atom stereocenters. The van der Waals surface area contributed by atoms with Crippen LogP contribution in [0.5, 0.6) is 0 Å². The third-order valence-electron chi connectivity index (χ3n) is 5.67. The highest BCUT2D eigenvalue weighted by Gasteiger charge is 2.31. The summed E-state index contributed by atoms with van der Waals surface area (Å²) in [7, 11) is 0. The molecule has 0 spiro atoms. The second-order valence-electron chi connectivity index (χ2n) is 9.31. The van der Waals surface area contributed by atoms with E-state index in [1.165, 1.54) is 29.2 Å². The normalized spacial score (nSPS) is 12.2. The number of amides is 3. The minimum atomic E-state index is -1.02. The van der Waals surface area contributed by atoms with Crippen LogP contribution in [0.3, 0.4) is 0 Å². The minimum Gasteiger partial charge on any atom is -0.370 e. The number of rotatable bonds is 14. The predicted octanol–water partition coefficient (Wildman–Crippen LogP) is 1.48. The molecular formula is C26H36N8O5. The van der Waals surface area contributed by atoms with Crippen molar-refractivity contribution in [3.63, 3.8) is 0 Å². The summed E-state index contributed by atoms with van der Waals surface area (Å²) in [4.78, 5) is 55.2. The molecule has 2 aromatic carbocycles. The average molecular weight is 541 g/mol. The van der Waals surface area contributed by atoms with E-state index in [1.807, 2.05) is 13.8 Å². The van der Waals surface area contributed by atoms with E-state index in [1.54, 1.807) is 30.3 Å². The third-order valence-corrected chi connectivity index (χ3v) is 5.67. The first kappa shape index (κ1) is 30.7. The van der Waals surface area contributed by atoms with E-state index < -0.39 is 34.7 Å². The molecule has 0 aromatic heterocycles. The molecule has 0 saturated heterocycles. The lowest BCUT2D eigenvalue weighted by Gasteiger charge is -2.31. The van der Waals surface area contributed by atoms with Gasteiger partial charge in [0.15, 0.2) is 5.96 Å². The number of nitro groups is 1. The first-order chi connectivity index (χ1) is 18.5. The van der Waals surface area contributed by atoms with Crippen LogP contribution in [0.15, 0.2) is 59.6 Å². The topological polar surface area (TPSA) is 212 Å². The molecule has 13 nitrogen and oxygen atoms in total. The summed E-state index contributed by atoms with van der Waals surface area (Å²) in [5.41, 5.74) is 17.4. The van der Waals surface area contributed by atoms with Crippen LogP contribution in [0.1, 0.15) is 33.1 Å². The molecule has 3 amide bonds. The predicted molar refractivity (Wildman–Crippen MR) is 150 cm³/mol. The Balaban J connectivity index is 2.33. The molecule has 0 saturated carbocycles. The van der Waals surface area contributed by atoms with E-state index in [2.05, 4.69) is 15.6 Å². The number of hydrogen-bond acceptors (Lipinski definition) is 7. The number of para-hydroxylation sites is 1. The Morgan fingerprint density at radius 3 is 2.23 bits per heavy atom. The van der Waals surface area contributed by atoms with Gasteiger partial charge in [-0.3, -0.25) is 34.4 Å². The third kappa shape index (κ3) is 10.0. The Morgan fingerprint density at radius 2 is 1.67 bits per heavy atom. The molecule has 8 N–H and O–H groups in total. The number of aliphatic imine (C=N–C) groups is 1. The molecule has 2 rings (SSSR count). The van der Waals surface area contributed by atoms with Crippen molar-refractivity contribution in [1.82, 2.24) is 5.32 Å². The molecule has 0 unspecified atom stereocenters. The first-order valence-electron chi connectivity index (χ1n) is 12.5. The van der Waals surface area contributed by atoms with Gasteiger partial charge in [0.05, 0.1) is 17.5 Å². The number of carbonyl (C=O) groups is 3. The minimum absolute atomic E-state index is 0.0988. The highest BCUT2D eigenvalue weighted by atomic mass is 16.6. The van der Waals surface area contributed by atoms with E-state index in [-0.39, 0.29) is 37.1 Å². The molecule has 0 aliphatic heterocycles. The SMILES string of the molecule is CC(C)C[C@@H](N)C(=O)NCC(=O)N(c1ccccc1)[C@@H](CCCN=C(N)N)C(=O)Nc1ccc([N+](=O)[O-])cc1. The second-order valence-corrected chi connectivity index (χ2v) is 9.31. The standard InChI is InChI=1S/C26H36N8O5/c1-17(2)15-21(27)24(36)31-16-23(35)33(19-7-4-3-5-8-19)22(9-6-14-30-26(28)29)25(37)32-18-10-12-20(13-11-18)34(38)39/h3-5,7-8,10-13,17,21-22H,6,9,14-16,27H2,1-2H3,(H,31,36)(H,32,37)(H4,28,29,30)/t21-,22+/m1/s1. The molecular weight excluding hydrogens is 504 g/mol. The summed E-state index contributed by atoms with van der Waals surface area (Å²) in [6, 6.07) is 12.1. The largest absolute Gasteiger partial charge is 0.370 e. The highest BCUT2D eigenvalue weighted by Crippen LogP contribution is 2.22. The molecule has 210 valence electrons. The van der Waals surface area contributed by atoms with Gasteiger partial charge in [-0.25, -0.2) is 0 Å². The number of guanidine groups is 1. The summed E-state index contributed by atoms with van der Waals surface area (Å²) in [5, 5.41) is 16.3. The van der Waals surface area contributed by atoms with Gasteiger partial charge >= 0.3 is 0 Å². The van der Waals surface area contributed by atoms with Crippen molar-refractivity contribution >= 4 is 40.7 Å². The molecule has 39 heavy (non-hydrogen) atoms. The van der Waals surface area contributed by atoms with Gasteiger partial charge in [0, 0.05) is 30.1 Å². The maximum atomic E-state index is 13.5. The van der Waals surface area contributed by atoms with E-state index in [0.717, 1.165) is 0 Å². The number of carbonyl (C=O) groups excluding carboxylic acids is 3. The van der Waals surface area contributed by atoms with Crippen LogP contribution >= 0.6 is 0 Å². The van der Waals surface area contributed by atoms with Gasteiger partial charge in [-0.15, -0.1) is 0 Å². The van der Waals surface area contributed by atoms with Gasteiger partial charge in [0.25, 0.3) is 5.69 Å². The monoisotopic (exact) mass is 540 g/mol. The lowest BCUT2D eigenvalue weighted by atomic mass is 10.0. The average Bonchev–Trinajstić information content (AvgIpc) is 2.89. The summed E-state index contributed by atoms with van der Waals surface area (Å²) in [6.45, 7) is 3.72. The van der Waals surface area contributed by atoms with E-state index in [4.69, 9.17) is 17.2 Å². The number of benzene rings is 2. The van der Waals surface area contributed by atoms with Crippen molar-refractivity contribution in [3.05, 3.63) is 64.7 Å². The molecule has 0 heterocycles. The van der Waals surface area contributed by atoms with Crippen molar-refractivity contribution in [2.75, 3.05) is 23.3 Å². The van der Waals surface area contributed by atoms with E-state index in [0.29, 0.717) is 24.2 Å². The van der Waals surface area contributed by atoms with Gasteiger partial charge in [-0.2, -0.15) is 0 Å². The smallest absolute Gasteiger partial charge is 0.269 e. The van der Waals surface area contributed by atoms with Crippen molar-refractivity contribution in [1.29, 1.82) is 0 Å². The Kier molecular flexibility index (Phi) is 11.8. The van der Waals surface area contributed by atoms with Crippen molar-refractivity contribution in [2.45, 2.75) is 45.2 Å². The number of non-ortho nitro benzene ring substituents is 1. The van der Waals surface area contributed by atoms with Crippen LogP contribution in [-0.4, -0.2) is 53.8 Å². The van der Waals surface area contributed by atoms with Gasteiger partial charge in [-0.05, 0) is 49.4 Å². The van der Waals surface area contributed by atoms with Crippen molar-refractivity contribution in [2.24, 2.45) is 28.1 Å². The zero-order chi connectivity index (χ0) is 28.9. The lowest BCUT2D eigenvalue weighted by Crippen LogP contribution is -2.52. The Bertz CT molecular complexity index is 1150. The highest BCUT2D eigenvalue weighted by molar-refractivity contribution is 6.06. The maximum Gasteiger partial charge on any atom is 0.269 e. The van der Waals surface area contributed by atoms with Crippen molar-refractivity contribution in [3.8, 4) is 0 Å². The summed E-state index contributed by atoms with van der Waals surface area (Å²) in [6.07, 6.45) is 0.989. The summed E-state index contributed by atoms with van der Waals surface area (Å²) < 4.78 is 0. The maximum absolute atomic E-state index is 13.5. The molecule has 0 aliphatic carbocycles. The number of hydrogen-bond donors (Lipinski definition) is 5. The number of nitrogens with one attached hydrogen (secondary N) is 2. The van der Waals surface area contributed by atoms with Gasteiger partial charge < -0.3 is 27.8 Å². The van der Waals surface area contributed by atoms with Crippen LogP contribution in [0.25, 0.3) is 0 Å². The molecule has 13 heteroatoms. The second kappa shape index (κ2) is 15.0. The zero-order valence-corrected chi connectivity index (χ0v) is 22.1. The van der Waals surface area contributed by atoms with Crippen LogP contribution in [0.2, 0.25) is 0 Å². The van der Waals surface area contributed by atoms with Crippen molar-refractivity contribution < 1.29 is 19.3 Å². The fourth-order valence-corrected chi connectivity index (χ4v) is 3.84. The Labute approximate surface area is 227 Å². The van der Waals surface area contributed by atoms with Crippen LogP contribution in [0.4, 0.5) is 17.1 Å². The molecule has 0 aliphatic rings. The summed E-state index contributed by atoms with van der Waals surface area (Å²) >= 11 is 0. The van der Waals surface area contributed by atoms with Gasteiger partial charge in [0.2, 0.25) is 17.7 Å². The van der Waals surface area contributed by atoms with Crippen LogP contribution in [0, 0.1) is 16.0 Å². The van der Waals surface area contributed by atoms with Crippen LogP contribution in [-0.2, 0) is 14.4 Å². The quantitative estimate of drug-likeness (QED) is 0.0776. The van der Waals surface area contributed by atoms with Gasteiger partial charge in [-0.1, -0.05) is 32.0 Å². The molecule has 2 aromatic rings. The fraction of sp³-hybridized carbons (Fsp3) is 0.385. The molecule has 0 bridgehead atoms. The zero-order valence-electron chi connectivity index (χ0n) is 22.1. The fourth-order valence-electron chi connectivity index (χ4n) is 3.84. The lowest BCUT2D eigenvalue weighted by molar-refractivity contribution is -0.384. The Hall–Kier alpha value is -4.52. The number of anilines is 2. The molecule has 0 radical (unpaired) electrons. The number of nitrogens with two attached hydrogens (primary N) is 3. The van der Waals surface area contributed by atoms with E-state index in [9.17, 15) is 24.5 Å². The number of nitrogens with zero attached hydrogens (tertiary/aromatic N) is 3. The van der Waals surface area contributed by atoms with E-state index >= 15 is 0 Å². The Morgan fingerprint density at radius 1 is 1.03 bits per heavy atom. The molecule has 0 fully saturated rings. The van der Waals surface area contributed by atoms with Crippen LogP contribution < -0.4 is 32.7 Å².